The number of pyridine rings is 2. The second-order valence-electron chi connectivity index (χ2n) is 8.79. The van der Waals surface area contributed by atoms with Crippen LogP contribution in [-0.4, -0.2) is 49.9 Å². The summed E-state index contributed by atoms with van der Waals surface area (Å²) in [6.07, 6.45) is -0.751. The van der Waals surface area contributed by atoms with Crippen molar-refractivity contribution in [1.29, 1.82) is 0 Å². The van der Waals surface area contributed by atoms with Gasteiger partial charge < -0.3 is 14.2 Å². The molecular weight excluding hydrogens is 480 g/mol. The fraction of sp³-hybridized carbons (Fsp3) is 0.296. The molecule has 0 unspecified atom stereocenters. The second-order valence-corrected chi connectivity index (χ2v) is 8.79. The predicted octanol–water partition coefficient (Wildman–Crippen LogP) is 4.81. The molecule has 190 valence electrons. The Morgan fingerprint density at radius 1 is 1.11 bits per heavy atom. The van der Waals surface area contributed by atoms with Gasteiger partial charge in [0.2, 0.25) is 5.91 Å². The molecule has 10 heteroatoms. The molecule has 0 saturated carbocycles. The first kappa shape index (κ1) is 24.5. The highest BCUT2D eigenvalue weighted by Gasteiger charge is 2.27. The topological polar surface area (TPSA) is 90.2 Å². The summed E-state index contributed by atoms with van der Waals surface area (Å²) in [6, 6.07) is 9.83. The van der Waals surface area contributed by atoms with Gasteiger partial charge in [-0.2, -0.15) is 0 Å². The van der Waals surface area contributed by atoms with Crippen LogP contribution in [0.25, 0.3) is 33.4 Å². The summed E-state index contributed by atoms with van der Waals surface area (Å²) in [7, 11) is 1.24. The molecule has 1 aromatic carbocycles. The van der Waals surface area contributed by atoms with E-state index in [9.17, 15) is 18.4 Å². The van der Waals surface area contributed by atoms with Crippen molar-refractivity contribution in [3.8, 4) is 22.5 Å². The zero-order chi connectivity index (χ0) is 26.3. The molecule has 0 aliphatic carbocycles. The molecule has 0 atom stereocenters. The molecule has 1 aliphatic rings. The number of aryl methyl sites for hydroxylation is 1. The SMILES string of the molecule is CCc1nc(-c2cccc3nc(-c4ccc(C(=O)OC)nc4)c(C(F)F)cc23)c2n1CCN(C(C)=O)C2. The van der Waals surface area contributed by atoms with Crippen molar-refractivity contribution in [2.75, 3.05) is 13.7 Å². The Morgan fingerprint density at radius 2 is 1.92 bits per heavy atom. The van der Waals surface area contributed by atoms with Gasteiger partial charge in [-0.3, -0.25) is 4.79 Å². The van der Waals surface area contributed by atoms with Crippen LogP contribution in [0.3, 0.4) is 0 Å². The van der Waals surface area contributed by atoms with Crippen molar-refractivity contribution in [1.82, 2.24) is 24.4 Å². The fourth-order valence-electron chi connectivity index (χ4n) is 4.77. The zero-order valence-corrected chi connectivity index (χ0v) is 20.7. The number of hydrogen-bond donors (Lipinski definition) is 0. The van der Waals surface area contributed by atoms with Crippen LogP contribution in [0.2, 0.25) is 0 Å². The number of carbonyl (C=O) groups excluding carboxylic acids is 2. The summed E-state index contributed by atoms with van der Waals surface area (Å²) in [5, 5.41) is 0.546. The van der Waals surface area contributed by atoms with Crippen LogP contribution in [0.15, 0.2) is 42.6 Å². The van der Waals surface area contributed by atoms with E-state index in [0.29, 0.717) is 53.8 Å². The number of fused-ring (bicyclic) bond motifs is 2. The van der Waals surface area contributed by atoms with E-state index in [-0.39, 0.29) is 22.9 Å². The van der Waals surface area contributed by atoms with E-state index in [4.69, 9.17) is 4.98 Å². The van der Waals surface area contributed by atoms with Crippen molar-refractivity contribution in [3.63, 3.8) is 0 Å². The van der Waals surface area contributed by atoms with Crippen molar-refractivity contribution in [2.45, 2.75) is 39.8 Å². The van der Waals surface area contributed by atoms with E-state index in [1.54, 1.807) is 11.0 Å². The van der Waals surface area contributed by atoms with Crippen molar-refractivity contribution in [3.05, 3.63) is 65.4 Å². The molecule has 37 heavy (non-hydrogen) atoms. The smallest absolute Gasteiger partial charge is 0.356 e. The largest absolute Gasteiger partial charge is 0.464 e. The summed E-state index contributed by atoms with van der Waals surface area (Å²) >= 11 is 0. The first-order valence-electron chi connectivity index (χ1n) is 11.9. The van der Waals surface area contributed by atoms with Gasteiger partial charge in [0.15, 0.2) is 0 Å². The standard InChI is InChI=1S/C27H25F2N5O3/c1-4-23-32-25(22-14-33(15(2)35)10-11-34(22)23)17-6-5-7-20-18(17)12-19(26(28)29)24(31-20)16-8-9-21(30-13-16)27(36)37-3/h5-9,12-13,26H,4,10-11,14H2,1-3H3. The number of nitrogens with zero attached hydrogens (tertiary/aromatic N) is 5. The molecule has 0 N–H and O–H groups in total. The van der Waals surface area contributed by atoms with Crippen molar-refractivity contribution >= 4 is 22.8 Å². The molecule has 4 aromatic rings. The van der Waals surface area contributed by atoms with E-state index >= 15 is 0 Å². The number of amides is 1. The van der Waals surface area contributed by atoms with Crippen LogP contribution >= 0.6 is 0 Å². The average Bonchev–Trinajstić information content (AvgIpc) is 3.29. The lowest BCUT2D eigenvalue weighted by Crippen LogP contribution is -2.37. The minimum Gasteiger partial charge on any atom is -0.464 e. The van der Waals surface area contributed by atoms with Crippen LogP contribution in [0, 0.1) is 0 Å². The van der Waals surface area contributed by atoms with E-state index in [2.05, 4.69) is 19.3 Å². The zero-order valence-electron chi connectivity index (χ0n) is 20.7. The first-order valence-corrected chi connectivity index (χ1v) is 11.9. The number of rotatable bonds is 5. The van der Waals surface area contributed by atoms with Gasteiger partial charge in [-0.25, -0.2) is 28.5 Å². The number of carbonyl (C=O) groups is 2. The summed E-state index contributed by atoms with van der Waals surface area (Å²) in [6.45, 7) is 5.19. The van der Waals surface area contributed by atoms with E-state index < -0.39 is 12.4 Å². The van der Waals surface area contributed by atoms with E-state index in [0.717, 1.165) is 11.5 Å². The first-order chi connectivity index (χ1) is 17.8. The van der Waals surface area contributed by atoms with E-state index in [1.165, 1.54) is 38.4 Å². The Kier molecular flexibility index (Phi) is 6.41. The quantitative estimate of drug-likeness (QED) is 0.362. The van der Waals surface area contributed by atoms with Gasteiger partial charge in [0.1, 0.15) is 11.5 Å². The maximum absolute atomic E-state index is 14.3. The molecule has 0 saturated heterocycles. The normalized spacial score (nSPS) is 13.2. The third kappa shape index (κ3) is 4.32. The minimum atomic E-state index is -2.80. The van der Waals surface area contributed by atoms with Crippen LogP contribution in [-0.2, 0) is 29.0 Å². The number of aromatic nitrogens is 4. The number of alkyl halides is 2. The number of ether oxygens (including phenoxy) is 1. The number of hydrogen-bond acceptors (Lipinski definition) is 6. The number of benzene rings is 1. The predicted molar refractivity (Wildman–Crippen MR) is 133 cm³/mol. The minimum absolute atomic E-state index is 0.0208. The maximum atomic E-state index is 14.3. The van der Waals surface area contributed by atoms with E-state index in [1.807, 2.05) is 19.1 Å². The molecule has 1 amide bonds. The molecule has 0 radical (unpaired) electrons. The highest BCUT2D eigenvalue weighted by molar-refractivity contribution is 5.96. The second kappa shape index (κ2) is 9.68. The lowest BCUT2D eigenvalue weighted by Gasteiger charge is -2.28. The Bertz CT molecular complexity index is 1520. The Balaban J connectivity index is 1.67. The number of esters is 1. The van der Waals surface area contributed by atoms with Gasteiger partial charge in [0, 0.05) is 54.7 Å². The number of halogens is 2. The van der Waals surface area contributed by atoms with Crippen LogP contribution in [0.1, 0.15) is 47.8 Å². The molecule has 0 fully saturated rings. The van der Waals surface area contributed by atoms with Crippen molar-refractivity contribution < 1.29 is 23.1 Å². The van der Waals surface area contributed by atoms with Gasteiger partial charge in [-0.15, -0.1) is 0 Å². The lowest BCUT2D eigenvalue weighted by molar-refractivity contribution is -0.130. The molecule has 0 bridgehead atoms. The van der Waals surface area contributed by atoms with Gasteiger partial charge in [0.25, 0.3) is 6.43 Å². The summed E-state index contributed by atoms with van der Waals surface area (Å²) in [5.41, 5.74) is 3.04. The Labute approximate surface area is 211 Å². The number of methoxy groups -OCH3 is 1. The molecule has 5 rings (SSSR count). The van der Waals surface area contributed by atoms with Crippen LogP contribution in [0.4, 0.5) is 8.78 Å². The Morgan fingerprint density at radius 3 is 2.57 bits per heavy atom. The average molecular weight is 506 g/mol. The molecule has 3 aromatic heterocycles. The summed E-state index contributed by atoms with van der Waals surface area (Å²) in [4.78, 5) is 39.1. The lowest BCUT2D eigenvalue weighted by atomic mass is 9.99. The summed E-state index contributed by atoms with van der Waals surface area (Å²) in [5.74, 6) is 0.253. The van der Waals surface area contributed by atoms with Gasteiger partial charge >= 0.3 is 5.97 Å². The summed E-state index contributed by atoms with van der Waals surface area (Å²) < 4.78 is 35.4. The Hall–Kier alpha value is -4.21. The highest BCUT2D eigenvalue weighted by atomic mass is 19.3. The van der Waals surface area contributed by atoms with Crippen molar-refractivity contribution in [2.24, 2.45) is 0 Å². The third-order valence-corrected chi connectivity index (χ3v) is 6.66. The highest BCUT2D eigenvalue weighted by Crippen LogP contribution is 2.37. The third-order valence-electron chi connectivity index (χ3n) is 6.66. The van der Waals surface area contributed by atoms with Gasteiger partial charge in [-0.1, -0.05) is 19.1 Å². The van der Waals surface area contributed by atoms with Crippen LogP contribution in [0.5, 0.6) is 0 Å². The van der Waals surface area contributed by atoms with Gasteiger partial charge in [0.05, 0.1) is 36.3 Å². The number of imidazole rings is 1. The fourth-order valence-corrected chi connectivity index (χ4v) is 4.77. The molecule has 0 spiro atoms. The molecule has 4 heterocycles. The van der Waals surface area contributed by atoms with Gasteiger partial charge in [-0.05, 0) is 24.3 Å². The molecular formula is C27H25F2N5O3. The van der Waals surface area contributed by atoms with Crippen LogP contribution < -0.4 is 0 Å². The maximum Gasteiger partial charge on any atom is 0.356 e. The molecule has 1 aliphatic heterocycles. The monoisotopic (exact) mass is 505 g/mol. The molecule has 8 nitrogen and oxygen atoms in total.